The predicted molar refractivity (Wildman–Crippen MR) is 92.7 cm³/mol. The first-order valence-electron chi connectivity index (χ1n) is 7.55. The second kappa shape index (κ2) is 7.67. The molecule has 128 valence electrons. The van der Waals surface area contributed by atoms with Gasteiger partial charge in [0.1, 0.15) is 6.54 Å². The van der Waals surface area contributed by atoms with Crippen LogP contribution < -0.4 is 10.6 Å². The van der Waals surface area contributed by atoms with Gasteiger partial charge in [-0.05, 0) is 23.6 Å². The molecule has 3 amide bonds. The van der Waals surface area contributed by atoms with Crippen LogP contribution in [-0.2, 0) is 17.9 Å². The summed E-state index contributed by atoms with van der Waals surface area (Å²) in [6.07, 6.45) is 0. The summed E-state index contributed by atoms with van der Waals surface area (Å²) in [6.45, 7) is 2.17. The van der Waals surface area contributed by atoms with Gasteiger partial charge in [-0.3, -0.25) is 10.1 Å². The fourth-order valence-electron chi connectivity index (χ4n) is 2.05. The molecule has 0 radical (unpaired) electrons. The van der Waals surface area contributed by atoms with Crippen molar-refractivity contribution in [1.82, 2.24) is 30.8 Å². The third-order valence-electron chi connectivity index (χ3n) is 3.30. The van der Waals surface area contributed by atoms with Crippen molar-refractivity contribution in [3.63, 3.8) is 0 Å². The van der Waals surface area contributed by atoms with Crippen molar-refractivity contribution >= 4 is 23.3 Å². The summed E-state index contributed by atoms with van der Waals surface area (Å²) in [5, 5.41) is 18.7. The van der Waals surface area contributed by atoms with E-state index in [4.69, 9.17) is 0 Å². The van der Waals surface area contributed by atoms with Gasteiger partial charge in [0.25, 0.3) is 5.91 Å². The van der Waals surface area contributed by atoms with E-state index >= 15 is 0 Å². The van der Waals surface area contributed by atoms with Crippen LogP contribution in [0.2, 0.25) is 0 Å². The third kappa shape index (κ3) is 4.70. The number of amides is 3. The van der Waals surface area contributed by atoms with Crippen molar-refractivity contribution in [2.24, 2.45) is 0 Å². The number of carbonyl (C=O) groups excluding carboxylic acids is 2. The van der Waals surface area contributed by atoms with E-state index < -0.39 is 11.9 Å². The van der Waals surface area contributed by atoms with Crippen molar-refractivity contribution in [2.75, 3.05) is 0 Å². The maximum Gasteiger partial charge on any atom is 0.321 e. The highest BCUT2D eigenvalue weighted by Gasteiger charge is 2.12. The topological polar surface area (TPSA) is 102 Å². The number of hydrogen-bond donors (Lipinski definition) is 2. The summed E-state index contributed by atoms with van der Waals surface area (Å²) in [4.78, 5) is 25.7. The number of urea groups is 1. The molecule has 0 spiro atoms. The molecule has 2 aromatic heterocycles. The first kappa shape index (κ1) is 16.8. The Morgan fingerprint density at radius 3 is 2.72 bits per heavy atom. The van der Waals surface area contributed by atoms with Crippen LogP contribution in [-0.4, -0.2) is 32.1 Å². The van der Waals surface area contributed by atoms with E-state index in [1.807, 2.05) is 48.7 Å². The van der Waals surface area contributed by atoms with Gasteiger partial charge >= 0.3 is 6.03 Å². The van der Waals surface area contributed by atoms with E-state index in [1.54, 1.807) is 0 Å². The average molecular weight is 356 g/mol. The minimum absolute atomic E-state index is 0.189. The Bertz CT molecular complexity index is 857. The van der Waals surface area contributed by atoms with Gasteiger partial charge in [-0.25, -0.2) is 4.79 Å². The molecule has 0 fully saturated rings. The fourth-order valence-corrected chi connectivity index (χ4v) is 2.69. The predicted octanol–water partition coefficient (Wildman–Crippen LogP) is 1.74. The standard InChI is InChI=1S/C16H16N6O2S/c1-11-4-6-12(7-5-11)15-19-21-22(20-15)10-14(23)18-16(24)17-9-13-3-2-8-25-13/h2-8H,9-10H2,1H3,(H2,17,18,23,24). The summed E-state index contributed by atoms with van der Waals surface area (Å²) in [5.74, 6) is -0.0912. The highest BCUT2D eigenvalue weighted by molar-refractivity contribution is 7.09. The summed E-state index contributed by atoms with van der Waals surface area (Å²) in [5.41, 5.74) is 1.94. The number of carbonyl (C=O) groups is 2. The fraction of sp³-hybridized carbons (Fsp3) is 0.188. The summed E-state index contributed by atoms with van der Waals surface area (Å²) >= 11 is 1.53. The molecule has 0 unspecified atom stereocenters. The molecule has 0 aliphatic rings. The Morgan fingerprint density at radius 1 is 1.20 bits per heavy atom. The van der Waals surface area contributed by atoms with Gasteiger partial charge < -0.3 is 5.32 Å². The Balaban J connectivity index is 1.51. The second-order valence-corrected chi connectivity index (χ2v) is 6.35. The SMILES string of the molecule is Cc1ccc(-c2nnn(CC(=O)NC(=O)NCc3cccs3)n2)cc1. The number of nitrogens with zero attached hydrogens (tertiary/aromatic N) is 4. The van der Waals surface area contributed by atoms with Crippen molar-refractivity contribution in [3.8, 4) is 11.4 Å². The number of aromatic nitrogens is 4. The zero-order valence-electron chi connectivity index (χ0n) is 13.5. The Hall–Kier alpha value is -3.07. The molecule has 0 saturated carbocycles. The normalized spacial score (nSPS) is 10.4. The number of benzene rings is 1. The number of rotatable bonds is 5. The van der Waals surface area contributed by atoms with E-state index in [-0.39, 0.29) is 6.54 Å². The van der Waals surface area contributed by atoms with Crippen molar-refractivity contribution in [2.45, 2.75) is 20.0 Å². The lowest BCUT2D eigenvalue weighted by molar-refractivity contribution is -0.121. The van der Waals surface area contributed by atoms with Gasteiger partial charge in [0.05, 0.1) is 6.54 Å². The van der Waals surface area contributed by atoms with Crippen LogP contribution in [0, 0.1) is 6.92 Å². The van der Waals surface area contributed by atoms with Gasteiger partial charge in [0.2, 0.25) is 5.82 Å². The maximum absolute atomic E-state index is 11.9. The number of hydrogen-bond acceptors (Lipinski definition) is 6. The first-order chi connectivity index (χ1) is 12.1. The van der Waals surface area contributed by atoms with Crippen LogP contribution in [0.15, 0.2) is 41.8 Å². The van der Waals surface area contributed by atoms with E-state index in [0.29, 0.717) is 12.4 Å². The van der Waals surface area contributed by atoms with Crippen LogP contribution in [0.5, 0.6) is 0 Å². The molecule has 8 nitrogen and oxygen atoms in total. The van der Waals surface area contributed by atoms with Gasteiger partial charge in [-0.2, -0.15) is 4.80 Å². The van der Waals surface area contributed by atoms with Crippen molar-refractivity contribution in [1.29, 1.82) is 0 Å². The van der Waals surface area contributed by atoms with Gasteiger partial charge in [0.15, 0.2) is 0 Å². The molecule has 1 aromatic carbocycles. The van der Waals surface area contributed by atoms with Gasteiger partial charge in [-0.1, -0.05) is 35.9 Å². The molecular formula is C16H16N6O2S. The number of imide groups is 1. The molecule has 0 bridgehead atoms. The van der Waals surface area contributed by atoms with Crippen molar-refractivity contribution in [3.05, 3.63) is 52.2 Å². The molecule has 25 heavy (non-hydrogen) atoms. The molecule has 2 heterocycles. The molecule has 3 aromatic rings. The molecule has 9 heteroatoms. The number of aryl methyl sites for hydroxylation is 1. The highest BCUT2D eigenvalue weighted by atomic mass is 32.1. The molecule has 0 aliphatic carbocycles. The smallest absolute Gasteiger partial charge is 0.321 e. The largest absolute Gasteiger partial charge is 0.333 e. The zero-order chi connectivity index (χ0) is 17.6. The average Bonchev–Trinajstić information content (AvgIpc) is 3.25. The number of nitrogens with one attached hydrogen (secondary N) is 2. The lowest BCUT2D eigenvalue weighted by Crippen LogP contribution is -2.40. The van der Waals surface area contributed by atoms with Crippen LogP contribution in [0.4, 0.5) is 4.79 Å². The minimum atomic E-state index is -0.558. The summed E-state index contributed by atoms with van der Waals surface area (Å²) in [6, 6.07) is 10.9. The minimum Gasteiger partial charge on any atom is -0.333 e. The molecule has 0 saturated heterocycles. The lowest BCUT2D eigenvalue weighted by atomic mass is 10.1. The van der Waals surface area contributed by atoms with Crippen LogP contribution >= 0.6 is 11.3 Å². The molecule has 0 atom stereocenters. The van der Waals surface area contributed by atoms with E-state index in [1.165, 1.54) is 11.3 Å². The third-order valence-corrected chi connectivity index (χ3v) is 4.18. The van der Waals surface area contributed by atoms with Crippen LogP contribution in [0.3, 0.4) is 0 Å². The molecule has 3 rings (SSSR count). The molecular weight excluding hydrogens is 340 g/mol. The van der Waals surface area contributed by atoms with E-state index in [0.717, 1.165) is 20.8 Å². The second-order valence-electron chi connectivity index (χ2n) is 5.32. The zero-order valence-corrected chi connectivity index (χ0v) is 14.3. The highest BCUT2D eigenvalue weighted by Crippen LogP contribution is 2.13. The van der Waals surface area contributed by atoms with Crippen LogP contribution in [0.1, 0.15) is 10.4 Å². The Labute approximate surface area is 147 Å². The van der Waals surface area contributed by atoms with Crippen LogP contribution in [0.25, 0.3) is 11.4 Å². The van der Waals surface area contributed by atoms with Gasteiger partial charge in [0, 0.05) is 10.4 Å². The van der Waals surface area contributed by atoms with E-state index in [9.17, 15) is 9.59 Å². The van der Waals surface area contributed by atoms with E-state index in [2.05, 4.69) is 26.0 Å². The molecule has 2 N–H and O–H groups in total. The maximum atomic E-state index is 11.9. The quantitative estimate of drug-likeness (QED) is 0.725. The summed E-state index contributed by atoms with van der Waals surface area (Å²) in [7, 11) is 0. The monoisotopic (exact) mass is 356 g/mol. The first-order valence-corrected chi connectivity index (χ1v) is 8.43. The summed E-state index contributed by atoms with van der Waals surface area (Å²) < 4.78 is 0. The number of tetrazole rings is 1. The van der Waals surface area contributed by atoms with Gasteiger partial charge in [-0.15, -0.1) is 21.5 Å². The number of thiophene rings is 1. The Kier molecular flexibility index (Phi) is 5.14. The Morgan fingerprint density at radius 2 is 2.00 bits per heavy atom. The lowest BCUT2D eigenvalue weighted by Gasteiger charge is -2.05. The van der Waals surface area contributed by atoms with Crippen molar-refractivity contribution < 1.29 is 9.59 Å². The molecule has 0 aliphatic heterocycles.